The van der Waals surface area contributed by atoms with Gasteiger partial charge in [0.05, 0.1) is 15.5 Å². The second-order valence-electron chi connectivity index (χ2n) is 5.74. The molecule has 0 unspecified atom stereocenters. The number of amides is 1. The second-order valence-corrected chi connectivity index (χ2v) is 7.25. The zero-order chi connectivity index (χ0) is 18.7. The van der Waals surface area contributed by atoms with E-state index in [1.807, 2.05) is 0 Å². The highest BCUT2D eigenvalue weighted by molar-refractivity contribution is 7.16. The Labute approximate surface area is 158 Å². The molecule has 9 heteroatoms. The van der Waals surface area contributed by atoms with Crippen molar-refractivity contribution in [3.63, 3.8) is 0 Å². The molecule has 7 nitrogen and oxygen atoms in total. The first-order chi connectivity index (χ1) is 12.5. The van der Waals surface area contributed by atoms with Crippen LogP contribution in [0.25, 0.3) is 0 Å². The molecule has 2 aromatic rings. The van der Waals surface area contributed by atoms with Crippen LogP contribution in [0.2, 0.25) is 5.02 Å². The number of fused-ring (bicyclic) bond motifs is 1. The van der Waals surface area contributed by atoms with Gasteiger partial charge in [0, 0.05) is 17.0 Å². The smallest absolute Gasteiger partial charge is 0.271 e. The van der Waals surface area contributed by atoms with Gasteiger partial charge in [0.2, 0.25) is 0 Å². The van der Waals surface area contributed by atoms with E-state index in [9.17, 15) is 20.2 Å². The number of ether oxygens (including phenoxy) is 1. The molecule has 1 heterocycles. The van der Waals surface area contributed by atoms with Gasteiger partial charge in [-0.3, -0.25) is 14.9 Å². The minimum absolute atomic E-state index is 0.0521. The van der Waals surface area contributed by atoms with Crippen LogP contribution >= 0.6 is 22.9 Å². The highest BCUT2D eigenvalue weighted by atomic mass is 35.5. The average molecular weight is 392 g/mol. The predicted octanol–water partition coefficient (Wildman–Crippen LogP) is 4.08. The standard InChI is InChI=1S/C17H14ClN3O4S/c18-13-7-10(21(23)24)5-6-14(13)25-9-16(22)20-17-12(8-19)11-3-1-2-4-15(11)26-17/h5-7H,1-4,9H2,(H,20,22). The number of aryl methyl sites for hydroxylation is 1. The zero-order valence-electron chi connectivity index (χ0n) is 13.6. The minimum atomic E-state index is -0.565. The number of thiophene rings is 1. The van der Waals surface area contributed by atoms with Crippen molar-refractivity contribution in [2.45, 2.75) is 25.7 Å². The Morgan fingerprint density at radius 1 is 1.42 bits per heavy atom. The highest BCUT2D eigenvalue weighted by Crippen LogP contribution is 2.37. The van der Waals surface area contributed by atoms with Gasteiger partial charge in [-0.1, -0.05) is 11.6 Å². The number of non-ortho nitro benzene ring substituents is 1. The van der Waals surface area contributed by atoms with E-state index in [-0.39, 0.29) is 23.1 Å². The van der Waals surface area contributed by atoms with E-state index >= 15 is 0 Å². The Hall–Kier alpha value is -2.63. The van der Waals surface area contributed by atoms with Gasteiger partial charge < -0.3 is 10.1 Å². The van der Waals surface area contributed by atoms with E-state index in [0.717, 1.165) is 42.2 Å². The lowest BCUT2D eigenvalue weighted by molar-refractivity contribution is -0.384. The van der Waals surface area contributed by atoms with Crippen molar-refractivity contribution >= 4 is 39.5 Å². The van der Waals surface area contributed by atoms with Crippen molar-refractivity contribution in [1.82, 2.24) is 0 Å². The normalized spacial score (nSPS) is 12.8. The van der Waals surface area contributed by atoms with Crippen molar-refractivity contribution in [2.24, 2.45) is 0 Å². The fourth-order valence-electron chi connectivity index (χ4n) is 2.80. The summed E-state index contributed by atoms with van der Waals surface area (Å²) < 4.78 is 5.34. The predicted molar refractivity (Wildman–Crippen MR) is 97.9 cm³/mol. The second kappa shape index (κ2) is 7.72. The van der Waals surface area contributed by atoms with Crippen molar-refractivity contribution in [2.75, 3.05) is 11.9 Å². The Bertz CT molecular complexity index is 919. The first-order valence-corrected chi connectivity index (χ1v) is 9.10. The quantitative estimate of drug-likeness (QED) is 0.610. The summed E-state index contributed by atoms with van der Waals surface area (Å²) >= 11 is 7.37. The largest absolute Gasteiger partial charge is 0.482 e. The first-order valence-electron chi connectivity index (χ1n) is 7.91. The Balaban J connectivity index is 1.66. The Kier molecular flexibility index (Phi) is 5.40. The van der Waals surface area contributed by atoms with E-state index in [4.69, 9.17) is 16.3 Å². The number of hydrogen-bond acceptors (Lipinski definition) is 6. The summed E-state index contributed by atoms with van der Waals surface area (Å²) in [6.45, 7) is -0.315. The maximum atomic E-state index is 12.2. The van der Waals surface area contributed by atoms with Crippen molar-refractivity contribution in [3.8, 4) is 11.8 Å². The van der Waals surface area contributed by atoms with Gasteiger partial charge >= 0.3 is 0 Å². The first kappa shape index (κ1) is 18.2. The molecule has 1 aromatic heterocycles. The lowest BCUT2D eigenvalue weighted by Gasteiger charge is -2.09. The van der Waals surface area contributed by atoms with Crippen LogP contribution in [-0.4, -0.2) is 17.4 Å². The number of nitrogens with one attached hydrogen (secondary N) is 1. The van der Waals surface area contributed by atoms with Crippen LogP contribution in [0, 0.1) is 21.4 Å². The molecule has 0 saturated carbocycles. The molecule has 1 aliphatic carbocycles. The van der Waals surface area contributed by atoms with Gasteiger partial charge in [0.15, 0.2) is 6.61 Å². The molecular formula is C17H14ClN3O4S. The van der Waals surface area contributed by atoms with Gasteiger partial charge in [-0.05, 0) is 37.3 Å². The molecule has 0 fully saturated rings. The fourth-order valence-corrected chi connectivity index (χ4v) is 4.28. The summed E-state index contributed by atoms with van der Waals surface area (Å²) in [5.74, 6) is -0.243. The maximum Gasteiger partial charge on any atom is 0.271 e. The number of carbonyl (C=O) groups excluding carboxylic acids is 1. The highest BCUT2D eigenvalue weighted by Gasteiger charge is 2.22. The van der Waals surface area contributed by atoms with Crippen molar-refractivity contribution in [1.29, 1.82) is 5.26 Å². The molecule has 134 valence electrons. The van der Waals surface area contributed by atoms with Crippen LogP contribution in [0.4, 0.5) is 10.7 Å². The monoisotopic (exact) mass is 391 g/mol. The van der Waals surface area contributed by atoms with Crippen LogP contribution in [0.1, 0.15) is 28.8 Å². The van der Waals surface area contributed by atoms with E-state index in [0.29, 0.717) is 10.6 Å². The number of hydrogen-bond donors (Lipinski definition) is 1. The molecule has 1 aliphatic rings. The number of nitrogens with zero attached hydrogens (tertiary/aromatic N) is 2. The number of carbonyl (C=O) groups is 1. The van der Waals surface area contributed by atoms with Crippen molar-refractivity contribution < 1.29 is 14.5 Å². The number of rotatable bonds is 5. The number of halogens is 1. The molecule has 0 spiro atoms. The number of benzene rings is 1. The van der Waals surface area contributed by atoms with Gasteiger partial charge in [-0.15, -0.1) is 11.3 Å². The van der Waals surface area contributed by atoms with Gasteiger partial charge in [-0.25, -0.2) is 0 Å². The molecular weight excluding hydrogens is 378 g/mol. The van der Waals surface area contributed by atoms with Crippen molar-refractivity contribution in [3.05, 3.63) is 49.3 Å². The van der Waals surface area contributed by atoms with Gasteiger partial charge in [0.25, 0.3) is 11.6 Å². The van der Waals surface area contributed by atoms with Crippen LogP contribution < -0.4 is 10.1 Å². The molecule has 1 N–H and O–H groups in total. The summed E-state index contributed by atoms with van der Waals surface area (Å²) in [5.41, 5.74) is 1.42. The molecule has 0 atom stereocenters. The molecule has 0 aliphatic heterocycles. The third-order valence-corrected chi connectivity index (χ3v) is 5.52. The van der Waals surface area contributed by atoms with Crippen LogP contribution in [0.5, 0.6) is 5.75 Å². The lowest BCUT2D eigenvalue weighted by atomic mass is 9.96. The Morgan fingerprint density at radius 3 is 2.88 bits per heavy atom. The number of nitro groups is 1. The van der Waals surface area contributed by atoms with E-state index < -0.39 is 10.8 Å². The van der Waals surface area contributed by atoms with E-state index in [2.05, 4.69) is 11.4 Å². The number of nitro benzene ring substituents is 1. The summed E-state index contributed by atoms with van der Waals surface area (Å²) in [6, 6.07) is 5.94. The zero-order valence-corrected chi connectivity index (χ0v) is 15.2. The van der Waals surface area contributed by atoms with Gasteiger partial charge in [0.1, 0.15) is 16.8 Å². The third-order valence-electron chi connectivity index (χ3n) is 4.02. The average Bonchev–Trinajstić information content (AvgIpc) is 2.97. The SMILES string of the molecule is N#Cc1c(NC(=O)COc2ccc([N+](=O)[O-])cc2Cl)sc2c1CCCC2. The lowest BCUT2D eigenvalue weighted by Crippen LogP contribution is -2.20. The summed E-state index contributed by atoms with van der Waals surface area (Å²) in [6.07, 6.45) is 3.93. The summed E-state index contributed by atoms with van der Waals surface area (Å²) in [5, 5.41) is 23.4. The summed E-state index contributed by atoms with van der Waals surface area (Å²) in [7, 11) is 0. The molecule has 0 saturated heterocycles. The summed E-state index contributed by atoms with van der Waals surface area (Å²) in [4.78, 5) is 23.4. The molecule has 3 rings (SSSR count). The van der Waals surface area contributed by atoms with Crippen LogP contribution in [0.15, 0.2) is 18.2 Å². The maximum absolute atomic E-state index is 12.2. The van der Waals surface area contributed by atoms with E-state index in [1.165, 1.54) is 23.5 Å². The molecule has 0 bridgehead atoms. The number of nitriles is 1. The topological polar surface area (TPSA) is 105 Å². The molecule has 0 radical (unpaired) electrons. The minimum Gasteiger partial charge on any atom is -0.482 e. The fraction of sp³-hybridized carbons (Fsp3) is 0.294. The van der Waals surface area contributed by atoms with Crippen LogP contribution in [-0.2, 0) is 17.6 Å². The van der Waals surface area contributed by atoms with Crippen LogP contribution in [0.3, 0.4) is 0 Å². The molecule has 1 aromatic carbocycles. The van der Waals surface area contributed by atoms with Gasteiger partial charge in [-0.2, -0.15) is 5.26 Å². The molecule has 26 heavy (non-hydrogen) atoms. The third kappa shape index (κ3) is 3.79. The van der Waals surface area contributed by atoms with E-state index in [1.54, 1.807) is 0 Å². The molecule has 1 amide bonds. The number of anilines is 1. The Morgan fingerprint density at radius 2 is 2.19 bits per heavy atom.